The van der Waals surface area contributed by atoms with Crippen molar-refractivity contribution in [3.05, 3.63) is 29.5 Å². The molecule has 0 aliphatic heterocycles. The van der Waals surface area contributed by atoms with Gasteiger partial charge in [0.2, 0.25) is 0 Å². The van der Waals surface area contributed by atoms with Crippen LogP contribution in [0.2, 0.25) is 0 Å². The van der Waals surface area contributed by atoms with Crippen LogP contribution in [0.5, 0.6) is 5.75 Å². The van der Waals surface area contributed by atoms with E-state index in [1.165, 1.54) is 0 Å². The zero-order valence-corrected chi connectivity index (χ0v) is 7.16. The molecule has 66 valence electrons. The quantitative estimate of drug-likeness (QED) is 0.651. The predicted molar refractivity (Wildman–Crippen MR) is 50.1 cm³/mol. The lowest BCUT2D eigenvalue weighted by Crippen LogP contribution is -1.80. The molecule has 2 rings (SSSR count). The van der Waals surface area contributed by atoms with Crippen molar-refractivity contribution in [1.82, 2.24) is 4.98 Å². The van der Waals surface area contributed by atoms with E-state index < -0.39 is 0 Å². The molecule has 0 bridgehead atoms. The van der Waals surface area contributed by atoms with Crippen LogP contribution in [0.15, 0.2) is 18.2 Å². The summed E-state index contributed by atoms with van der Waals surface area (Å²) < 4.78 is 0. The van der Waals surface area contributed by atoms with Gasteiger partial charge in [0.05, 0.1) is 5.69 Å². The number of rotatable bonds is 1. The standard InChI is InChI=1S/C10H9NO2/c1-6-8(5-12)11-7-3-2-4-9(13)10(6)7/h2-5,11,13H,1H3. The molecule has 1 aromatic carbocycles. The number of hydrogen-bond donors (Lipinski definition) is 2. The van der Waals surface area contributed by atoms with Gasteiger partial charge in [-0.15, -0.1) is 0 Å². The summed E-state index contributed by atoms with van der Waals surface area (Å²) in [7, 11) is 0. The average molecular weight is 175 g/mol. The Balaban J connectivity index is 2.92. The van der Waals surface area contributed by atoms with E-state index in [1.807, 2.05) is 13.0 Å². The lowest BCUT2D eigenvalue weighted by atomic mass is 10.1. The summed E-state index contributed by atoms with van der Waals surface area (Å²) in [5.74, 6) is 0.208. The van der Waals surface area contributed by atoms with Crippen molar-refractivity contribution in [2.45, 2.75) is 6.92 Å². The third-order valence-electron chi connectivity index (χ3n) is 2.21. The Bertz CT molecular complexity index is 471. The maximum Gasteiger partial charge on any atom is 0.166 e. The molecule has 0 radical (unpaired) electrons. The number of aldehydes is 1. The van der Waals surface area contributed by atoms with E-state index in [9.17, 15) is 9.90 Å². The summed E-state index contributed by atoms with van der Waals surface area (Å²) in [5.41, 5.74) is 2.11. The monoisotopic (exact) mass is 175 g/mol. The van der Waals surface area contributed by atoms with Gasteiger partial charge < -0.3 is 10.1 Å². The lowest BCUT2D eigenvalue weighted by Gasteiger charge is -1.94. The molecule has 0 fully saturated rings. The number of carbonyl (C=O) groups excluding carboxylic acids is 1. The number of phenols is 1. The van der Waals surface area contributed by atoms with Gasteiger partial charge >= 0.3 is 0 Å². The van der Waals surface area contributed by atoms with Crippen LogP contribution in [0, 0.1) is 6.92 Å². The first-order chi connectivity index (χ1) is 6.24. The lowest BCUT2D eigenvalue weighted by molar-refractivity contribution is 0.111. The molecule has 1 heterocycles. The summed E-state index contributed by atoms with van der Waals surface area (Å²) in [5, 5.41) is 10.3. The molecule has 1 aromatic heterocycles. The normalized spacial score (nSPS) is 10.5. The molecule has 0 aliphatic carbocycles. The Morgan fingerprint density at radius 1 is 1.46 bits per heavy atom. The third-order valence-corrected chi connectivity index (χ3v) is 2.21. The molecule has 0 unspecified atom stereocenters. The smallest absolute Gasteiger partial charge is 0.166 e. The van der Waals surface area contributed by atoms with E-state index in [-0.39, 0.29) is 5.75 Å². The molecule has 0 atom stereocenters. The van der Waals surface area contributed by atoms with Crippen molar-refractivity contribution < 1.29 is 9.90 Å². The largest absolute Gasteiger partial charge is 0.507 e. The summed E-state index contributed by atoms with van der Waals surface area (Å²) in [6.45, 7) is 1.81. The fourth-order valence-electron chi connectivity index (χ4n) is 1.53. The minimum atomic E-state index is 0.208. The highest BCUT2D eigenvalue weighted by Gasteiger charge is 2.09. The van der Waals surface area contributed by atoms with Crippen molar-refractivity contribution in [2.24, 2.45) is 0 Å². The number of aromatic amines is 1. The van der Waals surface area contributed by atoms with Crippen LogP contribution < -0.4 is 0 Å². The zero-order chi connectivity index (χ0) is 9.42. The van der Waals surface area contributed by atoms with E-state index in [2.05, 4.69) is 4.98 Å². The molecule has 2 N–H and O–H groups in total. The van der Waals surface area contributed by atoms with Gasteiger partial charge in [-0.05, 0) is 24.6 Å². The first-order valence-electron chi connectivity index (χ1n) is 3.99. The summed E-state index contributed by atoms with van der Waals surface area (Å²) in [6, 6.07) is 5.18. The van der Waals surface area contributed by atoms with Crippen LogP contribution in [-0.4, -0.2) is 16.4 Å². The summed E-state index contributed by atoms with van der Waals surface area (Å²) >= 11 is 0. The van der Waals surface area contributed by atoms with Gasteiger partial charge in [0.15, 0.2) is 6.29 Å². The van der Waals surface area contributed by atoms with Crippen LogP contribution in [0.1, 0.15) is 16.1 Å². The van der Waals surface area contributed by atoms with Gasteiger partial charge in [0, 0.05) is 10.9 Å². The Hall–Kier alpha value is -1.77. The molecule has 0 saturated carbocycles. The Kier molecular flexibility index (Phi) is 1.59. The minimum Gasteiger partial charge on any atom is -0.507 e. The molecular weight excluding hydrogens is 166 g/mol. The first kappa shape index (κ1) is 7.86. The molecule has 0 aliphatic rings. The molecule has 13 heavy (non-hydrogen) atoms. The number of nitrogens with one attached hydrogen (secondary N) is 1. The Morgan fingerprint density at radius 3 is 2.85 bits per heavy atom. The van der Waals surface area contributed by atoms with Crippen molar-refractivity contribution >= 4 is 17.2 Å². The number of carbonyl (C=O) groups is 1. The second-order valence-electron chi connectivity index (χ2n) is 2.98. The van der Waals surface area contributed by atoms with E-state index >= 15 is 0 Å². The van der Waals surface area contributed by atoms with E-state index in [1.54, 1.807) is 12.1 Å². The maximum absolute atomic E-state index is 10.6. The number of aryl methyl sites for hydroxylation is 1. The molecule has 0 amide bonds. The number of hydrogen-bond acceptors (Lipinski definition) is 2. The maximum atomic E-state index is 10.6. The van der Waals surface area contributed by atoms with Gasteiger partial charge in [-0.2, -0.15) is 0 Å². The van der Waals surface area contributed by atoms with Crippen molar-refractivity contribution in [3.8, 4) is 5.75 Å². The molecule has 0 saturated heterocycles. The first-order valence-corrected chi connectivity index (χ1v) is 3.99. The highest BCUT2D eigenvalue weighted by atomic mass is 16.3. The fraction of sp³-hybridized carbons (Fsp3) is 0.100. The van der Waals surface area contributed by atoms with E-state index in [0.717, 1.165) is 22.8 Å². The van der Waals surface area contributed by atoms with Gasteiger partial charge in [-0.1, -0.05) is 6.07 Å². The number of H-pyrrole nitrogens is 1. The molecule has 3 nitrogen and oxygen atoms in total. The van der Waals surface area contributed by atoms with E-state index in [0.29, 0.717) is 5.69 Å². The second kappa shape index (κ2) is 2.62. The van der Waals surface area contributed by atoms with Crippen LogP contribution in [-0.2, 0) is 0 Å². The highest BCUT2D eigenvalue weighted by molar-refractivity contribution is 5.95. The molecule has 3 heteroatoms. The minimum absolute atomic E-state index is 0.208. The van der Waals surface area contributed by atoms with Crippen molar-refractivity contribution in [1.29, 1.82) is 0 Å². The van der Waals surface area contributed by atoms with Crippen molar-refractivity contribution in [2.75, 3.05) is 0 Å². The highest BCUT2D eigenvalue weighted by Crippen LogP contribution is 2.28. The Morgan fingerprint density at radius 2 is 2.23 bits per heavy atom. The number of benzene rings is 1. The third kappa shape index (κ3) is 1.01. The fourth-order valence-corrected chi connectivity index (χ4v) is 1.53. The molecular formula is C10H9NO2. The SMILES string of the molecule is Cc1c(C=O)[nH]c2cccc(O)c12. The number of fused-ring (bicyclic) bond motifs is 1. The molecule has 2 aromatic rings. The number of aromatic nitrogens is 1. The van der Waals surface area contributed by atoms with Crippen LogP contribution in [0.4, 0.5) is 0 Å². The summed E-state index contributed by atoms with van der Waals surface area (Å²) in [4.78, 5) is 13.5. The summed E-state index contributed by atoms with van der Waals surface area (Å²) in [6.07, 6.45) is 0.759. The average Bonchev–Trinajstić information content (AvgIpc) is 2.44. The van der Waals surface area contributed by atoms with Gasteiger partial charge in [0.25, 0.3) is 0 Å². The van der Waals surface area contributed by atoms with Crippen molar-refractivity contribution in [3.63, 3.8) is 0 Å². The topological polar surface area (TPSA) is 53.1 Å². The predicted octanol–water partition coefficient (Wildman–Crippen LogP) is 1.99. The zero-order valence-electron chi connectivity index (χ0n) is 7.16. The van der Waals surface area contributed by atoms with E-state index in [4.69, 9.17) is 0 Å². The van der Waals surface area contributed by atoms with Gasteiger partial charge in [-0.25, -0.2) is 0 Å². The Labute approximate surface area is 75.0 Å². The van der Waals surface area contributed by atoms with Gasteiger partial charge in [0.1, 0.15) is 5.75 Å². The van der Waals surface area contributed by atoms with Crippen LogP contribution >= 0.6 is 0 Å². The van der Waals surface area contributed by atoms with Crippen LogP contribution in [0.3, 0.4) is 0 Å². The van der Waals surface area contributed by atoms with Crippen LogP contribution in [0.25, 0.3) is 10.9 Å². The second-order valence-corrected chi connectivity index (χ2v) is 2.98. The van der Waals surface area contributed by atoms with Gasteiger partial charge in [-0.3, -0.25) is 4.79 Å². The molecule has 0 spiro atoms. The number of aromatic hydroxyl groups is 1. The number of phenolic OH excluding ortho intramolecular Hbond substituents is 1.